The van der Waals surface area contributed by atoms with Gasteiger partial charge in [-0.1, -0.05) is 36.4 Å². The Balaban J connectivity index is 1.74. The summed E-state index contributed by atoms with van der Waals surface area (Å²) >= 11 is 0. The summed E-state index contributed by atoms with van der Waals surface area (Å²) in [5.74, 6) is 1.26. The first-order chi connectivity index (χ1) is 13.1. The molecule has 2 atom stereocenters. The molecule has 6 heteroatoms. The van der Waals surface area contributed by atoms with Crippen LogP contribution < -0.4 is 16.4 Å². The molecule has 0 saturated carbocycles. The predicted molar refractivity (Wildman–Crippen MR) is 107 cm³/mol. The lowest BCUT2D eigenvalue weighted by molar-refractivity contribution is 0.100. The van der Waals surface area contributed by atoms with E-state index in [1.54, 1.807) is 6.07 Å². The molecule has 138 valence electrons. The Kier molecular flexibility index (Phi) is 4.73. The summed E-state index contributed by atoms with van der Waals surface area (Å²) in [7, 11) is 0. The zero-order chi connectivity index (χ0) is 18.8. The Morgan fingerprint density at radius 2 is 1.96 bits per heavy atom. The van der Waals surface area contributed by atoms with E-state index >= 15 is 0 Å². The van der Waals surface area contributed by atoms with Crippen LogP contribution in [0.3, 0.4) is 0 Å². The molecule has 0 radical (unpaired) electrons. The summed E-state index contributed by atoms with van der Waals surface area (Å²) in [5.41, 5.74) is 7.87. The average Bonchev–Trinajstić information content (AvgIpc) is 2.68. The van der Waals surface area contributed by atoms with Crippen molar-refractivity contribution < 1.29 is 4.79 Å². The lowest BCUT2D eigenvalue weighted by Gasteiger charge is -2.34. The Morgan fingerprint density at radius 3 is 2.74 bits per heavy atom. The summed E-state index contributed by atoms with van der Waals surface area (Å²) in [4.78, 5) is 20.9. The van der Waals surface area contributed by atoms with Gasteiger partial charge in [-0.25, -0.2) is 9.97 Å². The number of nitrogens with zero attached hydrogens (tertiary/aromatic N) is 2. The van der Waals surface area contributed by atoms with E-state index in [1.807, 2.05) is 25.1 Å². The Hall–Kier alpha value is -2.99. The van der Waals surface area contributed by atoms with Crippen molar-refractivity contribution in [2.24, 2.45) is 5.73 Å². The van der Waals surface area contributed by atoms with Crippen LogP contribution >= 0.6 is 0 Å². The first-order valence-corrected chi connectivity index (χ1v) is 9.23. The Morgan fingerprint density at radius 1 is 1.15 bits per heavy atom. The third-order valence-electron chi connectivity index (χ3n) is 5.14. The zero-order valence-electron chi connectivity index (χ0n) is 15.3. The van der Waals surface area contributed by atoms with Gasteiger partial charge in [0.2, 0.25) is 0 Å². The van der Waals surface area contributed by atoms with Crippen molar-refractivity contribution in [1.29, 1.82) is 0 Å². The Bertz CT molecular complexity index is 973. The number of hydrogen-bond acceptors (Lipinski definition) is 5. The largest absolute Gasteiger partial charge is 0.366 e. The molecule has 2 aromatic carbocycles. The number of primary amides is 1. The van der Waals surface area contributed by atoms with Crippen LogP contribution in [0.2, 0.25) is 0 Å². The number of nitrogens with one attached hydrogen (secondary N) is 2. The number of piperidine rings is 1. The first-order valence-electron chi connectivity index (χ1n) is 9.23. The van der Waals surface area contributed by atoms with E-state index in [2.05, 4.69) is 44.9 Å². The second-order valence-corrected chi connectivity index (χ2v) is 6.95. The minimum Gasteiger partial charge on any atom is -0.366 e. The second-order valence-electron chi connectivity index (χ2n) is 6.95. The van der Waals surface area contributed by atoms with Crippen molar-refractivity contribution in [2.45, 2.75) is 25.3 Å². The number of carbonyl (C=O) groups is 1. The normalized spacial score (nSPS) is 19.7. The Labute approximate surface area is 158 Å². The topological polar surface area (TPSA) is 92.9 Å². The highest BCUT2D eigenvalue weighted by atomic mass is 16.1. The number of fused-ring (bicyclic) bond motifs is 1. The quantitative estimate of drug-likeness (QED) is 0.664. The van der Waals surface area contributed by atoms with Gasteiger partial charge in [-0.2, -0.15) is 0 Å². The molecule has 0 bridgehead atoms. The zero-order valence-corrected chi connectivity index (χ0v) is 15.3. The minimum absolute atomic E-state index is 0.191. The molecule has 0 aliphatic carbocycles. The van der Waals surface area contributed by atoms with Crippen LogP contribution in [-0.4, -0.2) is 35.0 Å². The third-order valence-corrected chi connectivity index (χ3v) is 5.14. The molecular weight excluding hydrogens is 338 g/mol. The van der Waals surface area contributed by atoms with Gasteiger partial charge in [-0.05, 0) is 37.6 Å². The molecule has 6 nitrogen and oxygen atoms in total. The van der Waals surface area contributed by atoms with Gasteiger partial charge in [0.1, 0.15) is 11.6 Å². The van der Waals surface area contributed by atoms with Crippen molar-refractivity contribution in [3.63, 3.8) is 0 Å². The van der Waals surface area contributed by atoms with E-state index in [0.29, 0.717) is 22.8 Å². The number of anilines is 1. The third kappa shape index (κ3) is 3.48. The monoisotopic (exact) mass is 361 g/mol. The van der Waals surface area contributed by atoms with Crippen LogP contribution in [0.15, 0.2) is 48.5 Å². The van der Waals surface area contributed by atoms with Crippen molar-refractivity contribution in [2.75, 3.05) is 18.4 Å². The number of aryl methyl sites for hydroxylation is 1. The fraction of sp³-hybridized carbons (Fsp3) is 0.286. The molecule has 1 fully saturated rings. The van der Waals surface area contributed by atoms with Gasteiger partial charge < -0.3 is 16.4 Å². The average molecular weight is 361 g/mol. The molecule has 1 amide bonds. The number of nitrogens with two attached hydrogens (primary N) is 1. The molecule has 1 aliphatic heterocycles. The highest BCUT2D eigenvalue weighted by Gasteiger charge is 2.27. The van der Waals surface area contributed by atoms with Crippen LogP contribution in [0.1, 0.15) is 34.1 Å². The molecular formula is C21H23N5O. The van der Waals surface area contributed by atoms with Crippen molar-refractivity contribution in [3.05, 3.63) is 65.5 Å². The van der Waals surface area contributed by atoms with E-state index in [-0.39, 0.29) is 6.04 Å². The highest BCUT2D eigenvalue weighted by Crippen LogP contribution is 2.30. The molecule has 1 saturated heterocycles. The lowest BCUT2D eigenvalue weighted by atomic mass is 9.86. The molecule has 0 spiro atoms. The van der Waals surface area contributed by atoms with Crippen molar-refractivity contribution >= 4 is 22.6 Å². The SMILES string of the molecule is Cc1nc(NC2CNCCC2c2ccccc2)c2cccc(C(N)=O)c2n1. The lowest BCUT2D eigenvalue weighted by Crippen LogP contribution is -2.44. The van der Waals surface area contributed by atoms with E-state index in [9.17, 15) is 4.79 Å². The van der Waals surface area contributed by atoms with Crippen molar-refractivity contribution in [1.82, 2.24) is 15.3 Å². The van der Waals surface area contributed by atoms with E-state index < -0.39 is 5.91 Å². The number of amides is 1. The van der Waals surface area contributed by atoms with Crippen LogP contribution in [0.25, 0.3) is 10.9 Å². The summed E-state index contributed by atoms with van der Waals surface area (Å²) < 4.78 is 0. The van der Waals surface area contributed by atoms with Gasteiger partial charge >= 0.3 is 0 Å². The number of rotatable bonds is 4. The molecule has 3 aromatic rings. The molecule has 1 aliphatic rings. The fourth-order valence-electron chi connectivity index (χ4n) is 3.86. The summed E-state index contributed by atoms with van der Waals surface area (Å²) in [5, 5.41) is 7.89. The molecule has 2 heterocycles. The van der Waals surface area contributed by atoms with E-state index in [1.165, 1.54) is 5.56 Å². The second kappa shape index (κ2) is 7.32. The number of carbonyl (C=O) groups excluding carboxylic acids is 1. The highest BCUT2D eigenvalue weighted by molar-refractivity contribution is 6.07. The molecule has 27 heavy (non-hydrogen) atoms. The van der Waals surface area contributed by atoms with Gasteiger partial charge in [0.15, 0.2) is 0 Å². The van der Waals surface area contributed by atoms with Crippen molar-refractivity contribution in [3.8, 4) is 0 Å². The van der Waals surface area contributed by atoms with Gasteiger partial charge in [-0.3, -0.25) is 4.79 Å². The van der Waals surface area contributed by atoms with Crippen LogP contribution in [0.5, 0.6) is 0 Å². The van der Waals surface area contributed by atoms with Crippen LogP contribution in [0.4, 0.5) is 5.82 Å². The molecule has 4 N–H and O–H groups in total. The number of para-hydroxylation sites is 1. The number of hydrogen-bond donors (Lipinski definition) is 3. The maximum absolute atomic E-state index is 11.8. The van der Waals surface area contributed by atoms with Gasteiger partial charge in [0.05, 0.1) is 11.1 Å². The van der Waals surface area contributed by atoms with Gasteiger partial charge in [0, 0.05) is 23.9 Å². The number of aromatic nitrogens is 2. The first kappa shape index (κ1) is 17.4. The number of benzene rings is 2. The van der Waals surface area contributed by atoms with E-state index in [4.69, 9.17) is 5.73 Å². The maximum atomic E-state index is 11.8. The summed E-state index contributed by atoms with van der Waals surface area (Å²) in [6.07, 6.45) is 1.05. The van der Waals surface area contributed by atoms with Gasteiger partial charge in [-0.15, -0.1) is 0 Å². The van der Waals surface area contributed by atoms with Crippen LogP contribution in [-0.2, 0) is 0 Å². The minimum atomic E-state index is -0.480. The van der Waals surface area contributed by atoms with Gasteiger partial charge in [0.25, 0.3) is 5.91 Å². The molecule has 2 unspecified atom stereocenters. The van der Waals surface area contributed by atoms with Crippen LogP contribution in [0, 0.1) is 6.92 Å². The fourth-order valence-corrected chi connectivity index (χ4v) is 3.86. The van der Waals surface area contributed by atoms with E-state index in [0.717, 1.165) is 30.7 Å². The molecule has 1 aromatic heterocycles. The standard InChI is InChI=1S/C21H23N5O/c1-13-24-19-16(20(22)27)8-5-9-17(19)21(25-13)26-18-12-23-11-10-15(18)14-6-3-2-4-7-14/h2-9,15,18,23H,10-12H2,1H3,(H2,22,27)(H,24,25,26). The maximum Gasteiger partial charge on any atom is 0.250 e. The predicted octanol–water partition coefficient (Wildman–Crippen LogP) is 2.59. The smallest absolute Gasteiger partial charge is 0.250 e. The summed E-state index contributed by atoms with van der Waals surface area (Å²) in [6, 6.07) is 16.2. The molecule has 4 rings (SSSR count). The summed E-state index contributed by atoms with van der Waals surface area (Å²) in [6.45, 7) is 3.67.